The molecule has 0 saturated carbocycles. The summed E-state index contributed by atoms with van der Waals surface area (Å²) in [5, 5.41) is 19.0. The number of sulfonamides is 1. The Balaban J connectivity index is 1.78. The Bertz CT molecular complexity index is 1520. The van der Waals surface area contributed by atoms with Gasteiger partial charge >= 0.3 is 0 Å². The van der Waals surface area contributed by atoms with Gasteiger partial charge in [-0.05, 0) is 35.9 Å². The first kappa shape index (κ1) is 27.5. The first-order valence-electron chi connectivity index (χ1n) is 11.1. The van der Waals surface area contributed by atoms with E-state index in [1.54, 1.807) is 48.5 Å². The summed E-state index contributed by atoms with van der Waals surface area (Å²) >= 11 is -0.354. The third-order valence-corrected chi connectivity index (χ3v) is 8.33. The number of aliphatic hydroxyl groups excluding tert-OH is 1. The number of nitrogens with one attached hydrogen (secondary N) is 1. The molecule has 0 aliphatic heterocycles. The highest BCUT2D eigenvalue weighted by Crippen LogP contribution is 2.37. The first-order valence-corrected chi connectivity index (χ1v) is 15.4. The van der Waals surface area contributed by atoms with Crippen LogP contribution in [0.2, 0.25) is 0 Å². The number of aliphatic hydroxyl groups is 1. The van der Waals surface area contributed by atoms with Gasteiger partial charge in [-0.2, -0.15) is 0 Å². The Hall–Kier alpha value is -3.56. The van der Waals surface area contributed by atoms with E-state index in [9.17, 15) is 13.5 Å². The van der Waals surface area contributed by atoms with Crippen LogP contribution in [-0.2, 0) is 10.0 Å². The zero-order chi connectivity index (χ0) is 27.3. The minimum Gasteiger partial charge on any atom is -0.494 e. The Kier molecular flexibility index (Phi) is 8.58. The van der Waals surface area contributed by atoms with E-state index >= 15 is 0 Å². The molecule has 0 unspecified atom stereocenters. The number of rotatable bonds is 11. The topological polar surface area (TPSA) is 138 Å². The highest BCUT2D eigenvalue weighted by Gasteiger charge is 2.27. The van der Waals surface area contributed by atoms with Gasteiger partial charge in [0.1, 0.15) is 22.9 Å². The fraction of sp³-hybridized carbons (Fsp3) is 0.200. The Morgan fingerprint density at radius 3 is 2.24 bits per heavy atom. The number of hydrogen-bond acceptors (Lipinski definition) is 9. The molecule has 0 aliphatic rings. The van der Waals surface area contributed by atoms with Crippen molar-refractivity contribution in [2.45, 2.75) is 6.10 Å². The summed E-state index contributed by atoms with van der Waals surface area (Å²) in [5.74, 6) is 0.549. The number of hydrogen-bond donors (Lipinski definition) is 2. The monoisotopic (exact) mass is 651 g/mol. The molecule has 0 saturated heterocycles. The number of halogens is 1. The van der Waals surface area contributed by atoms with Crippen molar-refractivity contribution in [2.75, 3.05) is 31.8 Å². The van der Waals surface area contributed by atoms with Gasteiger partial charge < -0.3 is 19.3 Å². The molecule has 2 heterocycles. The lowest BCUT2D eigenvalue weighted by molar-refractivity contribution is 0.202. The van der Waals surface area contributed by atoms with E-state index in [1.165, 1.54) is 25.9 Å². The van der Waals surface area contributed by atoms with E-state index < -0.39 is 21.9 Å². The van der Waals surface area contributed by atoms with Crippen molar-refractivity contribution in [3.05, 3.63) is 69.8 Å². The van der Waals surface area contributed by atoms with Crippen LogP contribution in [0.5, 0.6) is 17.4 Å². The van der Waals surface area contributed by atoms with Crippen LogP contribution < -0.4 is 18.9 Å². The van der Waals surface area contributed by atoms with Crippen LogP contribution in [0, 0.1) is 3.57 Å². The van der Waals surface area contributed by atoms with Gasteiger partial charge in [-0.1, -0.05) is 49.5 Å². The van der Waals surface area contributed by atoms with Gasteiger partial charge in [-0.15, -0.1) is 10.2 Å². The third kappa shape index (κ3) is 5.95. The molecule has 0 aliphatic carbocycles. The zero-order valence-corrected chi connectivity index (χ0v) is 23.8. The molecule has 200 valence electrons. The van der Waals surface area contributed by atoms with E-state index in [0.29, 0.717) is 34.3 Å². The van der Waals surface area contributed by atoms with Gasteiger partial charge in [0.05, 0.1) is 33.2 Å². The molecular weight excluding hydrogens is 625 g/mol. The molecule has 0 fully saturated rings. The quantitative estimate of drug-likeness (QED) is 0.234. The molecule has 13 heteroatoms. The summed E-state index contributed by atoms with van der Waals surface area (Å²) < 4.78 is 51.6. The summed E-state index contributed by atoms with van der Waals surface area (Å²) in [7, 11) is 0.341. The van der Waals surface area contributed by atoms with Crippen molar-refractivity contribution in [1.29, 1.82) is 0 Å². The molecule has 2 N–H and O–H groups in total. The van der Waals surface area contributed by atoms with Crippen molar-refractivity contribution < 1.29 is 27.7 Å². The minimum absolute atomic E-state index is 0.142. The van der Waals surface area contributed by atoms with Crippen LogP contribution >= 0.6 is 20.7 Å². The predicted molar refractivity (Wildman–Crippen MR) is 153 cm³/mol. The van der Waals surface area contributed by atoms with Crippen LogP contribution in [-0.4, -0.2) is 64.9 Å². The smallest absolute Gasteiger partial charge is 0.243 e. The van der Waals surface area contributed by atoms with E-state index in [-0.39, 0.29) is 32.5 Å². The summed E-state index contributed by atoms with van der Waals surface area (Å²) in [6.45, 7) is 0. The summed E-state index contributed by atoms with van der Waals surface area (Å²) in [5.41, 5.74) is 1.20. The lowest BCUT2D eigenvalue weighted by atomic mass is 10.1. The molecule has 2 aromatic carbocycles. The molecule has 4 aromatic rings. The van der Waals surface area contributed by atoms with E-state index in [4.69, 9.17) is 14.2 Å². The standard InChI is InChI=1S/C25H26IN5O6S/c1-26-17-13-11-16(12-14-17)19(32)15-38(33,34)30-25-29-28-24(18-7-5-10-22(27-18)37-4)31(25)23-20(35-2)8-6-9-21(23)36-3/h5-14,19,32H,1,15H2,2-4H3,(H,29,30)/t19-/m1/s1. The fourth-order valence-electron chi connectivity index (χ4n) is 3.69. The number of ether oxygens (including phenoxy) is 3. The number of benzene rings is 2. The first-order chi connectivity index (χ1) is 18.3. The molecule has 0 amide bonds. The average Bonchev–Trinajstić information content (AvgIpc) is 3.34. The maximum atomic E-state index is 13.2. The lowest BCUT2D eigenvalue weighted by Gasteiger charge is -2.18. The summed E-state index contributed by atoms with van der Waals surface area (Å²) in [4.78, 5) is 4.42. The largest absolute Gasteiger partial charge is 0.494 e. The van der Waals surface area contributed by atoms with Crippen LogP contribution in [0.3, 0.4) is 0 Å². The fourth-order valence-corrected chi connectivity index (χ4v) is 5.66. The summed E-state index contributed by atoms with van der Waals surface area (Å²) in [6.07, 6.45) is -1.26. The highest BCUT2D eigenvalue weighted by atomic mass is 127. The number of aromatic nitrogens is 4. The second kappa shape index (κ2) is 11.9. The molecule has 1 atom stereocenters. The minimum atomic E-state index is -4.10. The van der Waals surface area contributed by atoms with Gasteiger partial charge in [-0.25, -0.2) is 13.4 Å². The lowest BCUT2D eigenvalue weighted by Crippen LogP contribution is -2.23. The highest BCUT2D eigenvalue weighted by molar-refractivity contribution is 14.2. The molecule has 0 radical (unpaired) electrons. The Morgan fingerprint density at radius 1 is 0.974 bits per heavy atom. The molecule has 2 aromatic heterocycles. The molecule has 11 nitrogen and oxygen atoms in total. The number of anilines is 1. The maximum Gasteiger partial charge on any atom is 0.243 e. The second-order valence-electron chi connectivity index (χ2n) is 7.84. The van der Waals surface area contributed by atoms with E-state index in [0.717, 1.165) is 3.57 Å². The zero-order valence-electron chi connectivity index (χ0n) is 20.8. The predicted octanol–water partition coefficient (Wildman–Crippen LogP) is 3.40. The van der Waals surface area contributed by atoms with E-state index in [1.807, 2.05) is 12.1 Å². The van der Waals surface area contributed by atoms with Gasteiger partial charge in [-0.3, -0.25) is 9.29 Å². The van der Waals surface area contributed by atoms with Crippen molar-refractivity contribution in [2.24, 2.45) is 0 Å². The third-order valence-electron chi connectivity index (χ3n) is 5.48. The summed E-state index contributed by atoms with van der Waals surface area (Å²) in [6, 6.07) is 17.3. The number of para-hydroxylation sites is 1. The molecular formula is C25H26IN5O6S. The second-order valence-corrected chi connectivity index (χ2v) is 11.6. The molecule has 4 rings (SSSR count). The average molecular weight is 651 g/mol. The van der Waals surface area contributed by atoms with Crippen LogP contribution in [0.4, 0.5) is 5.95 Å². The van der Waals surface area contributed by atoms with Crippen LogP contribution in [0.1, 0.15) is 11.7 Å². The Morgan fingerprint density at radius 2 is 1.63 bits per heavy atom. The molecule has 0 spiro atoms. The van der Waals surface area contributed by atoms with E-state index in [2.05, 4.69) is 24.4 Å². The normalized spacial score (nSPS) is 12.1. The van der Waals surface area contributed by atoms with Crippen molar-refractivity contribution in [3.8, 4) is 34.6 Å². The van der Waals surface area contributed by atoms with Crippen molar-refractivity contribution in [1.82, 2.24) is 19.7 Å². The SMILES string of the molecule is C=Ic1ccc([C@H](O)CS(=O)(=O)Nc2nnc(-c3cccc(OC)n3)n2-c2c(OC)cccc2OC)cc1. The van der Waals surface area contributed by atoms with Gasteiger partial charge in [0.25, 0.3) is 0 Å². The number of pyridine rings is 1. The van der Waals surface area contributed by atoms with Crippen molar-refractivity contribution in [3.63, 3.8) is 0 Å². The van der Waals surface area contributed by atoms with Crippen LogP contribution in [0.15, 0.2) is 60.7 Å². The van der Waals surface area contributed by atoms with Gasteiger partial charge in [0.2, 0.25) is 21.9 Å². The van der Waals surface area contributed by atoms with Gasteiger partial charge in [0, 0.05) is 9.64 Å². The number of nitrogens with zero attached hydrogens (tertiary/aromatic N) is 4. The number of methoxy groups -OCH3 is 3. The molecule has 0 bridgehead atoms. The van der Waals surface area contributed by atoms with Gasteiger partial charge in [0.15, 0.2) is 5.82 Å². The molecule has 38 heavy (non-hydrogen) atoms. The van der Waals surface area contributed by atoms with Crippen molar-refractivity contribution >= 4 is 41.2 Å². The Labute approximate surface area is 230 Å². The maximum absolute atomic E-state index is 13.2. The van der Waals surface area contributed by atoms with Crippen LogP contribution in [0.25, 0.3) is 17.2 Å².